The first-order chi connectivity index (χ1) is 25.3. The van der Waals surface area contributed by atoms with Gasteiger partial charge in [0.15, 0.2) is 17.5 Å². The molecule has 2 aromatic heterocycles. The van der Waals surface area contributed by atoms with Gasteiger partial charge in [-0.05, 0) is 63.8 Å². The van der Waals surface area contributed by atoms with Crippen LogP contribution >= 0.6 is 0 Å². The first kappa shape index (κ1) is 27.4. The zero-order valence-electron chi connectivity index (χ0n) is 27.7. The van der Waals surface area contributed by atoms with Crippen LogP contribution in [0.5, 0.6) is 0 Å². The van der Waals surface area contributed by atoms with Crippen LogP contribution in [0.2, 0.25) is 0 Å². The Bertz CT molecular complexity index is 2790. The topological polar surface area (TPSA) is 43.6 Å². The molecule has 51 heavy (non-hydrogen) atoms. The van der Waals surface area contributed by atoms with Gasteiger partial charge in [0.2, 0.25) is 0 Å². The Morgan fingerprint density at radius 3 is 1.90 bits per heavy atom. The monoisotopic (exact) mass is 650 g/mol. The number of hydrogen-bond acceptors (Lipinski definition) is 3. The second-order valence-electron chi connectivity index (χ2n) is 14.3. The average molecular weight is 651 g/mol. The molecule has 0 bridgehead atoms. The molecule has 4 heteroatoms. The van der Waals surface area contributed by atoms with E-state index in [2.05, 4.69) is 126 Å². The van der Waals surface area contributed by atoms with Crippen LogP contribution < -0.4 is 0 Å². The maximum atomic E-state index is 5.17. The van der Waals surface area contributed by atoms with Crippen molar-refractivity contribution in [2.24, 2.45) is 11.8 Å². The molecule has 3 heterocycles. The van der Waals surface area contributed by atoms with Crippen LogP contribution in [-0.2, 0) is 5.54 Å². The van der Waals surface area contributed by atoms with Gasteiger partial charge in [0.25, 0.3) is 0 Å². The molecule has 238 valence electrons. The van der Waals surface area contributed by atoms with Crippen molar-refractivity contribution in [2.75, 3.05) is 0 Å². The highest BCUT2D eigenvalue weighted by Crippen LogP contribution is 2.65. The van der Waals surface area contributed by atoms with Gasteiger partial charge in [-0.15, -0.1) is 0 Å². The smallest absolute Gasteiger partial charge is 0.164 e. The number of fused-ring (bicyclic) bond motifs is 13. The van der Waals surface area contributed by atoms with Gasteiger partial charge < -0.3 is 4.57 Å². The summed E-state index contributed by atoms with van der Waals surface area (Å²) in [6.45, 7) is 0. The molecular formula is C47H30N4. The van der Waals surface area contributed by atoms with Gasteiger partial charge in [-0.3, -0.25) is 0 Å². The van der Waals surface area contributed by atoms with E-state index >= 15 is 0 Å². The second-order valence-corrected chi connectivity index (χ2v) is 14.3. The number of para-hydroxylation sites is 2. The molecule has 1 aliphatic heterocycles. The molecule has 3 atom stereocenters. The van der Waals surface area contributed by atoms with Gasteiger partial charge in [-0.1, -0.05) is 146 Å². The summed E-state index contributed by atoms with van der Waals surface area (Å²) >= 11 is 0. The summed E-state index contributed by atoms with van der Waals surface area (Å²) < 4.78 is 2.69. The Kier molecular flexibility index (Phi) is 5.30. The molecule has 4 nitrogen and oxygen atoms in total. The zero-order valence-corrected chi connectivity index (χ0v) is 27.7. The highest BCUT2D eigenvalue weighted by molar-refractivity contribution is 6.15. The molecule has 3 unspecified atom stereocenters. The standard InChI is InChI=1S/C47H30N4/c1-3-12-28(13-4-1)44-48-45(29-14-5-2-6-15-29)50-46(49-44)30-22-23-34-38-25-31-24-32(31)27-41(38)47(40(34)26-30)39-20-9-7-16-33(39)36-18-11-19-37-35-17-8-10-21-42(35)51(47)43(36)37/h1-23,25-27,31-32H,24H2. The van der Waals surface area contributed by atoms with Crippen molar-refractivity contribution >= 4 is 27.4 Å². The number of nitrogens with zero attached hydrogens (tertiary/aromatic N) is 4. The molecule has 4 aliphatic rings. The first-order valence-electron chi connectivity index (χ1n) is 17.9. The van der Waals surface area contributed by atoms with Crippen LogP contribution in [0.3, 0.4) is 0 Å². The second kappa shape index (κ2) is 9.86. The van der Waals surface area contributed by atoms with Crippen LogP contribution in [0.25, 0.3) is 72.7 Å². The number of hydrogen-bond donors (Lipinski definition) is 0. The summed E-state index contributed by atoms with van der Waals surface area (Å²) in [6, 6.07) is 52.3. The summed E-state index contributed by atoms with van der Waals surface area (Å²) in [5.74, 6) is 3.21. The summed E-state index contributed by atoms with van der Waals surface area (Å²) in [7, 11) is 0. The summed E-state index contributed by atoms with van der Waals surface area (Å²) in [5.41, 5.74) is 14.2. The summed E-state index contributed by atoms with van der Waals surface area (Å²) in [4.78, 5) is 15.3. The number of aromatic nitrogens is 4. The predicted octanol–water partition coefficient (Wildman–Crippen LogP) is 10.7. The largest absolute Gasteiger partial charge is 0.321 e. The van der Waals surface area contributed by atoms with E-state index in [9.17, 15) is 0 Å². The normalized spacial score (nSPS) is 20.4. The van der Waals surface area contributed by atoms with Crippen LogP contribution in [0.15, 0.2) is 163 Å². The fourth-order valence-electron chi connectivity index (χ4n) is 9.35. The van der Waals surface area contributed by atoms with Crippen molar-refractivity contribution < 1.29 is 0 Å². The number of rotatable bonds is 3. The summed E-state index contributed by atoms with van der Waals surface area (Å²) in [6.07, 6.45) is 6.42. The molecule has 0 radical (unpaired) electrons. The van der Waals surface area contributed by atoms with E-state index in [1.54, 1.807) is 0 Å². The molecule has 1 spiro atoms. The summed E-state index contributed by atoms with van der Waals surface area (Å²) in [5, 5.41) is 2.58. The van der Waals surface area contributed by atoms with Gasteiger partial charge in [0, 0.05) is 33.0 Å². The van der Waals surface area contributed by atoms with Gasteiger partial charge in [-0.25, -0.2) is 15.0 Å². The predicted molar refractivity (Wildman–Crippen MR) is 205 cm³/mol. The molecule has 0 amide bonds. The van der Waals surface area contributed by atoms with Crippen LogP contribution in [-0.4, -0.2) is 19.5 Å². The minimum Gasteiger partial charge on any atom is -0.321 e. The van der Waals surface area contributed by atoms with Crippen molar-refractivity contribution in [3.05, 3.63) is 180 Å². The van der Waals surface area contributed by atoms with E-state index in [-0.39, 0.29) is 0 Å². The van der Waals surface area contributed by atoms with E-state index in [0.717, 1.165) is 16.7 Å². The zero-order chi connectivity index (χ0) is 33.3. The Morgan fingerprint density at radius 2 is 1.12 bits per heavy atom. The maximum Gasteiger partial charge on any atom is 0.164 e. The fraction of sp³-hybridized carbons (Fsp3) is 0.0851. The van der Waals surface area contributed by atoms with E-state index in [4.69, 9.17) is 15.0 Å². The Hall–Kier alpha value is -6.39. The third-order valence-electron chi connectivity index (χ3n) is 11.6. The maximum absolute atomic E-state index is 5.17. The van der Waals surface area contributed by atoms with E-state index in [1.165, 1.54) is 67.2 Å². The quantitative estimate of drug-likeness (QED) is 0.191. The lowest BCUT2D eigenvalue weighted by atomic mass is 9.73. The van der Waals surface area contributed by atoms with Crippen molar-refractivity contribution in [3.8, 4) is 45.3 Å². The molecule has 6 aromatic carbocycles. The van der Waals surface area contributed by atoms with Crippen molar-refractivity contribution in [2.45, 2.75) is 12.0 Å². The van der Waals surface area contributed by atoms with E-state index < -0.39 is 5.54 Å². The molecule has 1 fully saturated rings. The van der Waals surface area contributed by atoms with Crippen LogP contribution in [0, 0.1) is 11.8 Å². The fourth-order valence-corrected chi connectivity index (χ4v) is 9.35. The third kappa shape index (κ3) is 3.61. The minimum atomic E-state index is -0.561. The SMILES string of the molecule is C1=C2C(=CC3CC13)C1(c3cc(-c4nc(-c5ccccc5)nc(-c5ccccc5)n4)ccc32)c2ccccc2-c2cccc3c4ccccc4n1c23. The van der Waals surface area contributed by atoms with Gasteiger partial charge in [0.1, 0.15) is 5.54 Å². The minimum absolute atomic E-state index is 0.561. The van der Waals surface area contributed by atoms with Crippen molar-refractivity contribution in [3.63, 3.8) is 0 Å². The third-order valence-corrected chi connectivity index (χ3v) is 11.6. The van der Waals surface area contributed by atoms with Crippen LogP contribution in [0.1, 0.15) is 23.1 Å². The Balaban J connectivity index is 1.20. The number of benzene rings is 6. The number of allylic oxidation sites excluding steroid dienone is 4. The molecule has 0 N–H and O–H groups in total. The lowest BCUT2D eigenvalue weighted by Gasteiger charge is -2.41. The van der Waals surface area contributed by atoms with E-state index in [1.807, 2.05) is 36.4 Å². The Labute approximate surface area is 295 Å². The molecule has 8 aromatic rings. The molecule has 1 saturated carbocycles. The lowest BCUT2D eigenvalue weighted by Crippen LogP contribution is -2.38. The van der Waals surface area contributed by atoms with Crippen molar-refractivity contribution in [1.29, 1.82) is 0 Å². The molecule has 12 rings (SSSR count). The first-order valence-corrected chi connectivity index (χ1v) is 17.9. The highest BCUT2D eigenvalue weighted by Gasteiger charge is 2.55. The molecular weight excluding hydrogens is 621 g/mol. The van der Waals surface area contributed by atoms with Gasteiger partial charge in [-0.2, -0.15) is 0 Å². The van der Waals surface area contributed by atoms with Gasteiger partial charge in [0.05, 0.1) is 11.0 Å². The highest BCUT2D eigenvalue weighted by atomic mass is 15.1. The van der Waals surface area contributed by atoms with E-state index in [0.29, 0.717) is 29.3 Å². The lowest BCUT2D eigenvalue weighted by molar-refractivity contribution is 0.556. The van der Waals surface area contributed by atoms with Crippen LogP contribution in [0.4, 0.5) is 0 Å². The average Bonchev–Trinajstić information content (AvgIpc) is 3.83. The molecule has 0 saturated heterocycles. The molecule has 3 aliphatic carbocycles. The van der Waals surface area contributed by atoms with Crippen molar-refractivity contribution in [1.82, 2.24) is 19.5 Å². The Morgan fingerprint density at radius 1 is 0.490 bits per heavy atom. The van der Waals surface area contributed by atoms with Gasteiger partial charge >= 0.3 is 0 Å².